The van der Waals surface area contributed by atoms with E-state index in [2.05, 4.69) is 5.32 Å². The Labute approximate surface area is 108 Å². The number of carbonyl (C=O) groups is 1. The SMILES string of the molecule is CC(C)NC(=O)COc1ccc(I)cc1F. The number of hydrogen-bond acceptors (Lipinski definition) is 2. The fraction of sp³-hybridized carbons (Fsp3) is 0.364. The van der Waals surface area contributed by atoms with Gasteiger partial charge in [0.15, 0.2) is 18.2 Å². The average molecular weight is 337 g/mol. The molecule has 1 aromatic carbocycles. The largest absolute Gasteiger partial charge is 0.481 e. The molecule has 1 amide bonds. The van der Waals surface area contributed by atoms with Gasteiger partial charge in [-0.05, 0) is 54.6 Å². The van der Waals surface area contributed by atoms with Gasteiger partial charge in [0.25, 0.3) is 5.91 Å². The molecule has 88 valence electrons. The maximum Gasteiger partial charge on any atom is 0.258 e. The highest BCUT2D eigenvalue weighted by atomic mass is 127. The molecule has 3 nitrogen and oxygen atoms in total. The summed E-state index contributed by atoms with van der Waals surface area (Å²) in [6, 6.07) is 4.65. The van der Waals surface area contributed by atoms with Crippen LogP contribution in [0, 0.1) is 9.39 Å². The molecule has 0 aliphatic carbocycles. The van der Waals surface area contributed by atoms with Crippen LogP contribution in [0.1, 0.15) is 13.8 Å². The van der Waals surface area contributed by atoms with Crippen molar-refractivity contribution in [2.45, 2.75) is 19.9 Å². The number of halogens is 2. The van der Waals surface area contributed by atoms with Gasteiger partial charge in [0.2, 0.25) is 0 Å². The molecule has 0 unspecified atom stereocenters. The molecule has 1 aromatic rings. The maximum atomic E-state index is 13.3. The van der Waals surface area contributed by atoms with Crippen molar-refractivity contribution in [3.8, 4) is 5.75 Å². The summed E-state index contributed by atoms with van der Waals surface area (Å²) in [5, 5.41) is 2.66. The lowest BCUT2D eigenvalue weighted by Gasteiger charge is -2.10. The fourth-order valence-electron chi connectivity index (χ4n) is 1.10. The molecule has 1 N–H and O–H groups in total. The van der Waals surface area contributed by atoms with E-state index in [1.54, 1.807) is 6.07 Å². The van der Waals surface area contributed by atoms with Crippen LogP contribution in [-0.4, -0.2) is 18.6 Å². The van der Waals surface area contributed by atoms with E-state index in [4.69, 9.17) is 4.74 Å². The second kappa shape index (κ2) is 6.03. The minimum Gasteiger partial charge on any atom is -0.481 e. The Hall–Kier alpha value is -0.850. The third kappa shape index (κ3) is 4.34. The molecule has 0 radical (unpaired) electrons. The van der Waals surface area contributed by atoms with Crippen LogP contribution in [0.15, 0.2) is 18.2 Å². The van der Waals surface area contributed by atoms with Crippen LogP contribution in [0.2, 0.25) is 0 Å². The van der Waals surface area contributed by atoms with Gasteiger partial charge in [-0.1, -0.05) is 0 Å². The van der Waals surface area contributed by atoms with Gasteiger partial charge in [0.05, 0.1) is 0 Å². The summed E-state index contributed by atoms with van der Waals surface area (Å²) in [7, 11) is 0. The van der Waals surface area contributed by atoms with E-state index in [1.165, 1.54) is 12.1 Å². The van der Waals surface area contributed by atoms with Crippen LogP contribution < -0.4 is 10.1 Å². The molecule has 1 rings (SSSR count). The molecular formula is C11H13FINO2. The topological polar surface area (TPSA) is 38.3 Å². The first-order chi connectivity index (χ1) is 7.49. The predicted molar refractivity (Wildman–Crippen MR) is 67.9 cm³/mol. The summed E-state index contributed by atoms with van der Waals surface area (Å²) in [6.45, 7) is 3.53. The summed E-state index contributed by atoms with van der Waals surface area (Å²) in [6.07, 6.45) is 0. The van der Waals surface area contributed by atoms with E-state index in [0.29, 0.717) is 0 Å². The number of benzene rings is 1. The van der Waals surface area contributed by atoms with E-state index in [1.807, 2.05) is 36.4 Å². The van der Waals surface area contributed by atoms with Crippen molar-refractivity contribution >= 4 is 28.5 Å². The number of nitrogens with one attached hydrogen (secondary N) is 1. The molecular weight excluding hydrogens is 324 g/mol. The lowest BCUT2D eigenvalue weighted by atomic mass is 10.3. The van der Waals surface area contributed by atoms with Gasteiger partial charge in [-0.3, -0.25) is 4.79 Å². The monoisotopic (exact) mass is 337 g/mol. The van der Waals surface area contributed by atoms with Crippen LogP contribution in [-0.2, 0) is 4.79 Å². The van der Waals surface area contributed by atoms with Gasteiger partial charge in [-0.2, -0.15) is 0 Å². The third-order valence-electron chi connectivity index (χ3n) is 1.70. The second-order valence-electron chi connectivity index (χ2n) is 3.59. The zero-order chi connectivity index (χ0) is 12.1. The highest BCUT2D eigenvalue weighted by Crippen LogP contribution is 2.19. The van der Waals surface area contributed by atoms with Gasteiger partial charge in [-0.25, -0.2) is 4.39 Å². The van der Waals surface area contributed by atoms with Gasteiger partial charge in [0, 0.05) is 9.61 Å². The van der Waals surface area contributed by atoms with Crippen LogP contribution in [0.3, 0.4) is 0 Å². The van der Waals surface area contributed by atoms with E-state index in [-0.39, 0.29) is 24.3 Å². The third-order valence-corrected chi connectivity index (χ3v) is 2.37. The van der Waals surface area contributed by atoms with Crippen molar-refractivity contribution in [2.75, 3.05) is 6.61 Å². The fourth-order valence-corrected chi connectivity index (χ4v) is 1.55. The van der Waals surface area contributed by atoms with Crippen LogP contribution >= 0.6 is 22.6 Å². The second-order valence-corrected chi connectivity index (χ2v) is 4.83. The molecule has 0 spiro atoms. The molecule has 0 atom stereocenters. The van der Waals surface area contributed by atoms with Crippen LogP contribution in [0.4, 0.5) is 4.39 Å². The van der Waals surface area contributed by atoms with Gasteiger partial charge < -0.3 is 10.1 Å². The van der Waals surface area contributed by atoms with Crippen molar-refractivity contribution in [2.24, 2.45) is 0 Å². The van der Waals surface area contributed by atoms with Crippen molar-refractivity contribution in [3.63, 3.8) is 0 Å². The normalized spacial score (nSPS) is 10.3. The minimum atomic E-state index is -0.454. The zero-order valence-electron chi connectivity index (χ0n) is 9.09. The number of hydrogen-bond donors (Lipinski definition) is 1. The van der Waals surface area contributed by atoms with E-state index in [9.17, 15) is 9.18 Å². The predicted octanol–water partition coefficient (Wildman–Crippen LogP) is 2.33. The van der Waals surface area contributed by atoms with Crippen molar-refractivity contribution < 1.29 is 13.9 Å². The maximum absolute atomic E-state index is 13.3. The highest BCUT2D eigenvalue weighted by molar-refractivity contribution is 14.1. The summed E-state index contributed by atoms with van der Waals surface area (Å²) in [4.78, 5) is 11.2. The lowest BCUT2D eigenvalue weighted by Crippen LogP contribution is -2.34. The standard InChI is InChI=1S/C11H13FINO2/c1-7(2)14-11(15)6-16-10-4-3-8(13)5-9(10)12/h3-5,7H,6H2,1-2H3,(H,14,15). The molecule has 0 saturated heterocycles. The molecule has 0 heterocycles. The molecule has 5 heteroatoms. The van der Waals surface area contributed by atoms with Gasteiger partial charge in [0.1, 0.15) is 0 Å². The van der Waals surface area contributed by atoms with Crippen molar-refractivity contribution in [1.29, 1.82) is 0 Å². The average Bonchev–Trinajstić information content (AvgIpc) is 2.15. The Morgan fingerprint density at radius 3 is 2.81 bits per heavy atom. The summed E-state index contributed by atoms with van der Waals surface area (Å²) in [5.41, 5.74) is 0. The molecule has 0 aromatic heterocycles. The Morgan fingerprint density at radius 1 is 1.56 bits per heavy atom. The number of rotatable bonds is 4. The van der Waals surface area contributed by atoms with Crippen molar-refractivity contribution in [1.82, 2.24) is 5.32 Å². The van der Waals surface area contributed by atoms with Crippen LogP contribution in [0.25, 0.3) is 0 Å². The van der Waals surface area contributed by atoms with Gasteiger partial charge in [-0.15, -0.1) is 0 Å². The van der Waals surface area contributed by atoms with Crippen LogP contribution in [0.5, 0.6) is 5.75 Å². The Bertz CT molecular complexity index is 382. The highest BCUT2D eigenvalue weighted by Gasteiger charge is 2.07. The van der Waals surface area contributed by atoms with E-state index >= 15 is 0 Å². The summed E-state index contributed by atoms with van der Waals surface area (Å²) >= 11 is 2.01. The Kier molecular flexibility index (Phi) is 4.98. The Balaban J connectivity index is 2.51. The first kappa shape index (κ1) is 13.2. The lowest BCUT2D eigenvalue weighted by molar-refractivity contribution is -0.123. The molecule has 0 aliphatic heterocycles. The Morgan fingerprint density at radius 2 is 2.25 bits per heavy atom. The van der Waals surface area contributed by atoms with Gasteiger partial charge >= 0.3 is 0 Å². The minimum absolute atomic E-state index is 0.0534. The van der Waals surface area contributed by atoms with Crippen molar-refractivity contribution in [3.05, 3.63) is 27.6 Å². The number of amides is 1. The molecule has 16 heavy (non-hydrogen) atoms. The first-order valence-corrected chi connectivity index (χ1v) is 5.94. The number of carbonyl (C=O) groups excluding carboxylic acids is 1. The molecule has 0 saturated carbocycles. The molecule has 0 aliphatic rings. The quantitative estimate of drug-likeness (QED) is 0.857. The molecule has 0 bridgehead atoms. The zero-order valence-corrected chi connectivity index (χ0v) is 11.2. The number of ether oxygens (including phenoxy) is 1. The smallest absolute Gasteiger partial charge is 0.258 e. The first-order valence-electron chi connectivity index (χ1n) is 4.86. The van der Waals surface area contributed by atoms with E-state index in [0.717, 1.165) is 3.57 Å². The summed E-state index contributed by atoms with van der Waals surface area (Å²) in [5.74, 6) is -0.614. The molecule has 0 fully saturated rings. The summed E-state index contributed by atoms with van der Waals surface area (Å²) < 4.78 is 19.2. The van der Waals surface area contributed by atoms with E-state index < -0.39 is 5.82 Å².